The maximum atomic E-state index is 11.0. The van der Waals surface area contributed by atoms with E-state index in [0.29, 0.717) is 6.54 Å². The quantitative estimate of drug-likeness (QED) is 0.644. The molecular weight excluding hydrogens is 156 g/mol. The molecule has 0 aliphatic heterocycles. The number of rotatable bonds is 3. The first-order chi connectivity index (χ1) is 5.72. The minimum absolute atomic E-state index is 0.0644. The van der Waals surface area contributed by atoms with E-state index >= 15 is 0 Å². The molecule has 0 saturated heterocycles. The lowest BCUT2D eigenvalue weighted by atomic mass is 10.5. The first-order valence-corrected chi connectivity index (χ1v) is 3.65. The highest BCUT2D eigenvalue weighted by Crippen LogP contribution is 2.01. The van der Waals surface area contributed by atoms with E-state index < -0.39 is 0 Å². The summed E-state index contributed by atoms with van der Waals surface area (Å²) in [5.74, 6) is -0.0644. The molecule has 0 aliphatic rings. The van der Waals surface area contributed by atoms with Crippen molar-refractivity contribution in [2.24, 2.45) is 7.05 Å². The summed E-state index contributed by atoms with van der Waals surface area (Å²) in [6.45, 7) is 0.314. The number of carbonyl (C=O) groups excluding carboxylic acids is 1. The maximum absolute atomic E-state index is 11.0. The molecule has 0 aliphatic carbocycles. The molecule has 1 rings (SSSR count). The summed E-state index contributed by atoms with van der Waals surface area (Å²) in [5, 5.41) is 9.35. The molecular formula is C7H12N4O. The molecule has 0 unspecified atom stereocenters. The molecule has 0 radical (unpaired) electrons. The average molecular weight is 168 g/mol. The Bertz CT molecular complexity index is 268. The number of aryl methyl sites for hydroxylation is 1. The average Bonchev–Trinajstić information content (AvgIpc) is 2.36. The van der Waals surface area contributed by atoms with Crippen LogP contribution in [0.25, 0.3) is 0 Å². The molecule has 1 amide bonds. The van der Waals surface area contributed by atoms with Crippen LogP contribution in [0, 0.1) is 0 Å². The predicted octanol–water partition coefficient (Wildman–Crippen LogP) is -0.422. The number of likely N-dealkylation sites (N-methyl/N-ethyl adjacent to an activating group) is 1. The third-order valence-corrected chi connectivity index (χ3v) is 1.33. The van der Waals surface area contributed by atoms with Crippen molar-refractivity contribution in [3.05, 3.63) is 12.4 Å². The van der Waals surface area contributed by atoms with Crippen LogP contribution in [0.1, 0.15) is 0 Å². The number of aromatic nitrogens is 2. The molecule has 0 aromatic carbocycles. The molecule has 0 fully saturated rings. The van der Waals surface area contributed by atoms with Crippen molar-refractivity contribution < 1.29 is 4.79 Å². The highest BCUT2D eigenvalue weighted by molar-refractivity contribution is 5.91. The third kappa shape index (κ3) is 2.35. The van der Waals surface area contributed by atoms with Crippen LogP contribution < -0.4 is 10.6 Å². The highest BCUT2D eigenvalue weighted by Gasteiger charge is 2.00. The Morgan fingerprint density at radius 3 is 3.00 bits per heavy atom. The van der Waals surface area contributed by atoms with E-state index in [1.165, 1.54) is 0 Å². The molecule has 0 spiro atoms. The predicted molar refractivity (Wildman–Crippen MR) is 45.8 cm³/mol. The van der Waals surface area contributed by atoms with Crippen molar-refractivity contribution in [2.45, 2.75) is 0 Å². The molecule has 1 aromatic heterocycles. The van der Waals surface area contributed by atoms with E-state index in [1.807, 2.05) is 0 Å². The Hall–Kier alpha value is -1.36. The van der Waals surface area contributed by atoms with Crippen LogP contribution in [0.3, 0.4) is 0 Å². The van der Waals surface area contributed by atoms with E-state index in [9.17, 15) is 4.79 Å². The lowest BCUT2D eigenvalue weighted by Crippen LogP contribution is -2.24. The van der Waals surface area contributed by atoms with Crippen molar-refractivity contribution in [3.63, 3.8) is 0 Å². The first kappa shape index (κ1) is 8.73. The summed E-state index contributed by atoms with van der Waals surface area (Å²) in [6, 6.07) is 0. The molecule has 2 N–H and O–H groups in total. The fourth-order valence-corrected chi connectivity index (χ4v) is 0.852. The zero-order chi connectivity index (χ0) is 8.97. The van der Waals surface area contributed by atoms with E-state index in [-0.39, 0.29) is 5.91 Å². The van der Waals surface area contributed by atoms with Crippen LogP contribution in [0.4, 0.5) is 5.69 Å². The second kappa shape index (κ2) is 3.87. The van der Waals surface area contributed by atoms with E-state index in [0.717, 1.165) is 5.69 Å². The number of nitrogens with zero attached hydrogens (tertiary/aromatic N) is 2. The highest BCUT2D eigenvalue weighted by atomic mass is 16.1. The lowest BCUT2D eigenvalue weighted by molar-refractivity contribution is -0.115. The summed E-state index contributed by atoms with van der Waals surface area (Å²) in [7, 11) is 3.52. The summed E-state index contributed by atoms with van der Waals surface area (Å²) in [6.07, 6.45) is 3.35. The molecule has 0 saturated carbocycles. The van der Waals surface area contributed by atoms with E-state index in [2.05, 4.69) is 15.7 Å². The number of hydrogen-bond donors (Lipinski definition) is 2. The van der Waals surface area contributed by atoms with Crippen LogP contribution in [-0.2, 0) is 11.8 Å². The van der Waals surface area contributed by atoms with Gasteiger partial charge >= 0.3 is 0 Å². The Labute approximate surface area is 70.8 Å². The smallest absolute Gasteiger partial charge is 0.238 e. The third-order valence-electron chi connectivity index (χ3n) is 1.33. The standard InChI is InChI=1S/C7H12N4O/c1-8-4-7(12)10-6-3-9-11(2)5-6/h3,5,8H,4H2,1-2H3,(H,10,12). The fraction of sp³-hybridized carbons (Fsp3) is 0.429. The zero-order valence-electron chi connectivity index (χ0n) is 7.16. The van der Waals surface area contributed by atoms with Crippen molar-refractivity contribution in [1.82, 2.24) is 15.1 Å². The fourth-order valence-electron chi connectivity index (χ4n) is 0.852. The number of anilines is 1. The van der Waals surface area contributed by atoms with Crippen molar-refractivity contribution in [1.29, 1.82) is 0 Å². The topological polar surface area (TPSA) is 59.0 Å². The maximum Gasteiger partial charge on any atom is 0.238 e. The van der Waals surface area contributed by atoms with Gasteiger partial charge in [0.15, 0.2) is 0 Å². The van der Waals surface area contributed by atoms with Crippen molar-refractivity contribution in [3.8, 4) is 0 Å². The largest absolute Gasteiger partial charge is 0.322 e. The van der Waals surface area contributed by atoms with Gasteiger partial charge in [-0.3, -0.25) is 9.48 Å². The van der Waals surface area contributed by atoms with Gasteiger partial charge in [0.25, 0.3) is 0 Å². The molecule has 1 heterocycles. The zero-order valence-corrected chi connectivity index (χ0v) is 7.16. The molecule has 1 aromatic rings. The summed E-state index contributed by atoms with van der Waals surface area (Å²) >= 11 is 0. The van der Waals surface area contributed by atoms with Gasteiger partial charge in [0.1, 0.15) is 0 Å². The van der Waals surface area contributed by atoms with Gasteiger partial charge in [0, 0.05) is 13.2 Å². The van der Waals surface area contributed by atoms with E-state index in [1.54, 1.807) is 31.2 Å². The van der Waals surface area contributed by atoms with Crippen LogP contribution >= 0.6 is 0 Å². The van der Waals surface area contributed by atoms with Crippen molar-refractivity contribution >= 4 is 11.6 Å². The van der Waals surface area contributed by atoms with Gasteiger partial charge in [0.2, 0.25) is 5.91 Å². The molecule has 0 atom stereocenters. The number of hydrogen-bond acceptors (Lipinski definition) is 3. The Kier molecular flexibility index (Phi) is 2.82. The Balaban J connectivity index is 2.46. The Morgan fingerprint density at radius 2 is 2.50 bits per heavy atom. The molecule has 12 heavy (non-hydrogen) atoms. The van der Waals surface area contributed by atoms with Gasteiger partial charge < -0.3 is 10.6 Å². The van der Waals surface area contributed by atoms with Crippen LogP contribution in [0.15, 0.2) is 12.4 Å². The molecule has 0 bridgehead atoms. The number of nitrogens with one attached hydrogen (secondary N) is 2. The van der Waals surface area contributed by atoms with Gasteiger partial charge in [0.05, 0.1) is 18.4 Å². The minimum atomic E-state index is -0.0644. The van der Waals surface area contributed by atoms with Crippen LogP contribution in [-0.4, -0.2) is 29.3 Å². The van der Waals surface area contributed by atoms with Crippen molar-refractivity contribution in [2.75, 3.05) is 18.9 Å². The van der Waals surface area contributed by atoms with Crippen LogP contribution in [0.2, 0.25) is 0 Å². The minimum Gasteiger partial charge on any atom is -0.322 e. The summed E-state index contributed by atoms with van der Waals surface area (Å²) < 4.78 is 1.63. The summed E-state index contributed by atoms with van der Waals surface area (Å²) in [5.41, 5.74) is 0.720. The van der Waals surface area contributed by atoms with Gasteiger partial charge in [-0.2, -0.15) is 5.10 Å². The van der Waals surface area contributed by atoms with Gasteiger partial charge in [-0.15, -0.1) is 0 Å². The van der Waals surface area contributed by atoms with Gasteiger partial charge in [-0.05, 0) is 7.05 Å². The van der Waals surface area contributed by atoms with Gasteiger partial charge in [-0.1, -0.05) is 0 Å². The molecule has 66 valence electrons. The normalized spacial score (nSPS) is 9.83. The molecule has 5 nitrogen and oxygen atoms in total. The second-order valence-electron chi connectivity index (χ2n) is 2.48. The van der Waals surface area contributed by atoms with Crippen LogP contribution in [0.5, 0.6) is 0 Å². The molecule has 5 heteroatoms. The van der Waals surface area contributed by atoms with Gasteiger partial charge in [-0.25, -0.2) is 0 Å². The lowest BCUT2D eigenvalue weighted by Gasteiger charge is -1.99. The van der Waals surface area contributed by atoms with E-state index in [4.69, 9.17) is 0 Å². The Morgan fingerprint density at radius 1 is 1.75 bits per heavy atom. The summed E-state index contributed by atoms with van der Waals surface area (Å²) in [4.78, 5) is 11.0. The number of carbonyl (C=O) groups is 1. The number of amides is 1. The monoisotopic (exact) mass is 168 g/mol. The first-order valence-electron chi connectivity index (χ1n) is 3.65. The second-order valence-corrected chi connectivity index (χ2v) is 2.48. The SMILES string of the molecule is CNCC(=O)Nc1cnn(C)c1.